The van der Waals surface area contributed by atoms with E-state index in [1.807, 2.05) is 0 Å². The second-order valence-electron chi connectivity index (χ2n) is 3.18. The van der Waals surface area contributed by atoms with Crippen molar-refractivity contribution < 1.29 is 4.39 Å². The summed E-state index contributed by atoms with van der Waals surface area (Å²) in [6, 6.07) is 6.71. The van der Waals surface area contributed by atoms with Gasteiger partial charge in [-0.3, -0.25) is 4.68 Å². The lowest BCUT2D eigenvalue weighted by Crippen LogP contribution is -1.96. The highest BCUT2D eigenvalue weighted by Gasteiger charge is 2.11. The van der Waals surface area contributed by atoms with Gasteiger partial charge in [-0.15, -0.1) is 0 Å². The first-order chi connectivity index (χ1) is 7.09. The molecule has 1 aromatic carbocycles. The molecule has 0 radical (unpaired) electrons. The van der Waals surface area contributed by atoms with E-state index in [0.29, 0.717) is 21.5 Å². The standard InChI is InChI=1S/C10H9BrFN3/c1-15-9(13)5-8(14-15)6-3-2-4-7(11)10(6)12/h2-5H,13H2,1H3. The Labute approximate surface area is 94.8 Å². The maximum atomic E-state index is 13.7. The zero-order valence-electron chi connectivity index (χ0n) is 8.04. The maximum Gasteiger partial charge on any atom is 0.146 e. The van der Waals surface area contributed by atoms with Crippen LogP contribution in [0.2, 0.25) is 0 Å². The van der Waals surface area contributed by atoms with Crippen LogP contribution in [0.5, 0.6) is 0 Å². The van der Waals surface area contributed by atoms with Gasteiger partial charge >= 0.3 is 0 Å². The second-order valence-corrected chi connectivity index (χ2v) is 4.03. The molecule has 0 spiro atoms. The predicted molar refractivity (Wildman–Crippen MR) is 60.7 cm³/mol. The summed E-state index contributed by atoms with van der Waals surface area (Å²) < 4.78 is 15.6. The number of rotatable bonds is 1. The molecule has 5 heteroatoms. The highest BCUT2D eigenvalue weighted by atomic mass is 79.9. The molecule has 0 aliphatic heterocycles. The molecule has 1 aromatic heterocycles. The summed E-state index contributed by atoms with van der Waals surface area (Å²) in [4.78, 5) is 0. The van der Waals surface area contributed by atoms with E-state index in [4.69, 9.17) is 5.73 Å². The fourth-order valence-electron chi connectivity index (χ4n) is 1.31. The number of halogens is 2. The summed E-state index contributed by atoms with van der Waals surface area (Å²) in [5.74, 6) is 0.181. The first-order valence-corrected chi connectivity index (χ1v) is 5.13. The Hall–Kier alpha value is -1.36. The summed E-state index contributed by atoms with van der Waals surface area (Å²) in [6.45, 7) is 0. The molecule has 0 aliphatic rings. The van der Waals surface area contributed by atoms with Crippen molar-refractivity contribution in [2.75, 3.05) is 5.73 Å². The third-order valence-electron chi connectivity index (χ3n) is 2.14. The third-order valence-corrected chi connectivity index (χ3v) is 2.76. The van der Waals surface area contributed by atoms with Crippen molar-refractivity contribution >= 4 is 21.7 Å². The molecule has 3 nitrogen and oxygen atoms in total. The molecule has 1 heterocycles. The molecule has 2 rings (SSSR count). The average molecular weight is 270 g/mol. The van der Waals surface area contributed by atoms with E-state index in [-0.39, 0.29) is 5.82 Å². The van der Waals surface area contributed by atoms with E-state index in [9.17, 15) is 4.39 Å². The number of aryl methyl sites for hydroxylation is 1. The van der Waals surface area contributed by atoms with Gasteiger partial charge in [-0.05, 0) is 28.1 Å². The minimum atomic E-state index is -0.324. The van der Waals surface area contributed by atoms with Gasteiger partial charge in [0.25, 0.3) is 0 Å². The summed E-state index contributed by atoms with van der Waals surface area (Å²) in [7, 11) is 1.72. The van der Waals surface area contributed by atoms with Crippen LogP contribution in [0.15, 0.2) is 28.7 Å². The molecular weight excluding hydrogens is 261 g/mol. The lowest BCUT2D eigenvalue weighted by atomic mass is 10.1. The summed E-state index contributed by atoms with van der Waals surface area (Å²) in [6.07, 6.45) is 0. The van der Waals surface area contributed by atoms with Crippen molar-refractivity contribution in [3.05, 3.63) is 34.6 Å². The van der Waals surface area contributed by atoms with Crippen LogP contribution in [0.25, 0.3) is 11.3 Å². The minimum absolute atomic E-state index is 0.324. The smallest absolute Gasteiger partial charge is 0.146 e. The quantitative estimate of drug-likeness (QED) is 0.865. The molecule has 0 unspecified atom stereocenters. The van der Waals surface area contributed by atoms with Crippen LogP contribution in [0.3, 0.4) is 0 Å². The van der Waals surface area contributed by atoms with Crippen molar-refractivity contribution in [1.82, 2.24) is 9.78 Å². The first-order valence-electron chi connectivity index (χ1n) is 4.33. The second kappa shape index (κ2) is 3.66. The number of aromatic nitrogens is 2. The Bertz CT molecular complexity index is 488. The number of nitrogens with two attached hydrogens (primary N) is 1. The number of nitrogens with zero attached hydrogens (tertiary/aromatic N) is 2. The molecule has 0 saturated heterocycles. The van der Waals surface area contributed by atoms with Gasteiger partial charge in [-0.2, -0.15) is 5.10 Å². The van der Waals surface area contributed by atoms with E-state index < -0.39 is 0 Å². The molecule has 0 aliphatic carbocycles. The van der Waals surface area contributed by atoms with Crippen molar-refractivity contribution in [3.63, 3.8) is 0 Å². The molecule has 0 bridgehead atoms. The van der Waals surface area contributed by atoms with Crippen LogP contribution in [0, 0.1) is 5.82 Å². The van der Waals surface area contributed by atoms with Gasteiger partial charge < -0.3 is 5.73 Å². The largest absolute Gasteiger partial charge is 0.384 e. The summed E-state index contributed by atoms with van der Waals surface area (Å²) in [5, 5.41) is 4.11. The number of benzene rings is 1. The molecule has 15 heavy (non-hydrogen) atoms. The van der Waals surface area contributed by atoms with E-state index >= 15 is 0 Å². The Morgan fingerprint density at radius 1 is 1.47 bits per heavy atom. The van der Waals surface area contributed by atoms with Gasteiger partial charge in [0.1, 0.15) is 11.6 Å². The van der Waals surface area contributed by atoms with E-state index in [0.717, 1.165) is 0 Å². The van der Waals surface area contributed by atoms with Crippen molar-refractivity contribution in [3.8, 4) is 11.3 Å². The van der Waals surface area contributed by atoms with Crippen LogP contribution < -0.4 is 5.73 Å². The molecule has 2 N–H and O–H groups in total. The molecule has 0 atom stereocenters. The van der Waals surface area contributed by atoms with Gasteiger partial charge in [0.15, 0.2) is 0 Å². The molecule has 0 saturated carbocycles. The highest BCUT2D eigenvalue weighted by molar-refractivity contribution is 9.10. The molecule has 0 fully saturated rings. The van der Waals surface area contributed by atoms with Crippen LogP contribution in [-0.4, -0.2) is 9.78 Å². The van der Waals surface area contributed by atoms with E-state index in [1.165, 1.54) is 4.68 Å². The monoisotopic (exact) mass is 269 g/mol. The number of nitrogen functional groups attached to an aromatic ring is 1. The fraction of sp³-hybridized carbons (Fsp3) is 0.100. The van der Waals surface area contributed by atoms with Gasteiger partial charge in [-0.25, -0.2) is 4.39 Å². The lowest BCUT2D eigenvalue weighted by molar-refractivity contribution is 0.623. The Balaban J connectivity index is 2.59. The van der Waals surface area contributed by atoms with Gasteiger partial charge in [0.2, 0.25) is 0 Å². The van der Waals surface area contributed by atoms with Crippen molar-refractivity contribution in [2.45, 2.75) is 0 Å². The lowest BCUT2D eigenvalue weighted by Gasteiger charge is -2.00. The van der Waals surface area contributed by atoms with Gasteiger partial charge in [0.05, 0.1) is 10.2 Å². The number of hydrogen-bond donors (Lipinski definition) is 1. The van der Waals surface area contributed by atoms with Gasteiger partial charge in [-0.1, -0.05) is 6.07 Å². The highest BCUT2D eigenvalue weighted by Crippen LogP contribution is 2.27. The maximum absolute atomic E-state index is 13.7. The van der Waals surface area contributed by atoms with E-state index in [2.05, 4.69) is 21.0 Å². The molecule has 2 aromatic rings. The average Bonchev–Trinajstić information content (AvgIpc) is 2.51. The Morgan fingerprint density at radius 3 is 2.80 bits per heavy atom. The zero-order valence-corrected chi connectivity index (χ0v) is 9.62. The normalized spacial score (nSPS) is 10.6. The van der Waals surface area contributed by atoms with Crippen LogP contribution >= 0.6 is 15.9 Å². The third kappa shape index (κ3) is 1.74. The topological polar surface area (TPSA) is 43.8 Å². The van der Waals surface area contributed by atoms with Crippen molar-refractivity contribution in [1.29, 1.82) is 0 Å². The number of hydrogen-bond acceptors (Lipinski definition) is 2. The molecule has 78 valence electrons. The molecule has 0 amide bonds. The van der Waals surface area contributed by atoms with Crippen molar-refractivity contribution in [2.24, 2.45) is 7.05 Å². The van der Waals surface area contributed by atoms with Crippen LogP contribution in [0.4, 0.5) is 10.2 Å². The van der Waals surface area contributed by atoms with Crippen LogP contribution in [-0.2, 0) is 7.05 Å². The van der Waals surface area contributed by atoms with Gasteiger partial charge in [0, 0.05) is 18.7 Å². The summed E-state index contributed by atoms with van der Waals surface area (Å²) in [5.41, 5.74) is 6.61. The van der Waals surface area contributed by atoms with Crippen LogP contribution in [0.1, 0.15) is 0 Å². The number of anilines is 1. The first kappa shape index (κ1) is 10.2. The zero-order chi connectivity index (χ0) is 11.0. The Morgan fingerprint density at radius 2 is 2.20 bits per heavy atom. The van der Waals surface area contributed by atoms with E-state index in [1.54, 1.807) is 31.3 Å². The molecular formula is C10H9BrFN3. The minimum Gasteiger partial charge on any atom is -0.384 e. The SMILES string of the molecule is Cn1nc(-c2cccc(Br)c2F)cc1N. The summed E-state index contributed by atoms with van der Waals surface area (Å²) >= 11 is 3.13. The fourth-order valence-corrected chi connectivity index (χ4v) is 1.68. The predicted octanol–water partition coefficient (Wildman–Crippen LogP) is 2.57. The Kier molecular flexibility index (Phi) is 2.48.